The van der Waals surface area contributed by atoms with Crippen molar-refractivity contribution >= 4 is 58.0 Å². The Hall–Kier alpha value is -3.07. The average molecular weight is 755 g/mol. The number of para-hydroxylation sites is 1. The van der Waals surface area contributed by atoms with Crippen LogP contribution in [0.3, 0.4) is 0 Å². The number of unbranched alkanes of at least 4 members (excludes halogenated alkanes) is 3. The number of hydrogen-bond acceptors (Lipinski definition) is 16. The smallest absolute Gasteiger partial charge is 0.387 e. The molecule has 6 atom stereocenters. The highest BCUT2D eigenvalue weighted by molar-refractivity contribution is 7.66. The Labute approximate surface area is 278 Å². The van der Waals surface area contributed by atoms with Crippen molar-refractivity contribution in [2.45, 2.75) is 50.2 Å². The van der Waals surface area contributed by atoms with Crippen molar-refractivity contribution in [1.29, 1.82) is 0 Å². The number of anilines is 3. The summed E-state index contributed by atoms with van der Waals surface area (Å²) in [5.41, 5.74) is 7.50. The summed E-state index contributed by atoms with van der Waals surface area (Å²) in [6.07, 6.45) is -2.28. The number of ether oxygens (including phenoxy) is 1. The number of phosphoric ester groups is 1. The number of nitrogen functional groups attached to an aromatic ring is 1. The molecular weight excluding hydrogens is 717 g/mol. The Balaban J connectivity index is 1.33. The summed E-state index contributed by atoms with van der Waals surface area (Å²) >= 11 is 0. The van der Waals surface area contributed by atoms with Crippen molar-refractivity contribution in [2.24, 2.45) is 0 Å². The molecular formula is C24H37N8O14P3. The number of aliphatic hydroxyl groups excluding tert-OH is 2. The third-order valence-corrected chi connectivity index (χ3v) is 10.8. The highest BCUT2D eigenvalue weighted by Crippen LogP contribution is 2.66. The molecule has 49 heavy (non-hydrogen) atoms. The molecule has 25 heteroatoms. The topological polar surface area (TPSA) is 332 Å². The lowest BCUT2D eigenvalue weighted by Crippen LogP contribution is -2.33. The maximum absolute atomic E-state index is 12.5. The van der Waals surface area contributed by atoms with E-state index in [9.17, 15) is 38.5 Å². The first kappa shape index (κ1) is 38.7. The second kappa shape index (κ2) is 16.3. The van der Waals surface area contributed by atoms with E-state index < -0.39 is 54.6 Å². The van der Waals surface area contributed by atoms with Crippen LogP contribution < -0.4 is 21.7 Å². The molecule has 3 heterocycles. The van der Waals surface area contributed by atoms with Crippen LogP contribution in [0.15, 0.2) is 30.6 Å². The van der Waals surface area contributed by atoms with E-state index >= 15 is 0 Å². The molecule has 22 nitrogen and oxygen atoms in total. The van der Waals surface area contributed by atoms with Crippen LogP contribution in [0.5, 0.6) is 0 Å². The van der Waals surface area contributed by atoms with Crippen LogP contribution >= 0.6 is 23.5 Å². The van der Waals surface area contributed by atoms with E-state index in [0.29, 0.717) is 25.1 Å². The van der Waals surface area contributed by atoms with Crippen LogP contribution in [0, 0.1) is 0 Å². The number of phosphoric acid groups is 3. The number of nitrogens with one attached hydrogen (secondary N) is 3. The Kier molecular flexibility index (Phi) is 12.9. The van der Waals surface area contributed by atoms with Gasteiger partial charge < -0.3 is 56.2 Å². The summed E-state index contributed by atoms with van der Waals surface area (Å²) < 4.78 is 53.5. The summed E-state index contributed by atoms with van der Waals surface area (Å²) in [6, 6.07) is 7.17. The zero-order valence-corrected chi connectivity index (χ0v) is 28.5. The van der Waals surface area contributed by atoms with Gasteiger partial charge in [0.2, 0.25) is 5.95 Å². The highest BCUT2D eigenvalue weighted by atomic mass is 31.3. The van der Waals surface area contributed by atoms with Gasteiger partial charge in [0.15, 0.2) is 23.2 Å². The second-order valence-electron chi connectivity index (χ2n) is 10.6. The number of benzene rings is 1. The Morgan fingerprint density at radius 3 is 2.37 bits per heavy atom. The number of carbonyl (C=O) groups excluding carboxylic acids is 1. The van der Waals surface area contributed by atoms with Crippen LogP contribution in [0.25, 0.3) is 11.2 Å². The lowest BCUT2D eigenvalue weighted by molar-refractivity contribution is -0.0493. The molecule has 0 radical (unpaired) electrons. The van der Waals surface area contributed by atoms with E-state index in [4.69, 9.17) is 20.3 Å². The fourth-order valence-electron chi connectivity index (χ4n) is 4.84. The molecule has 11 N–H and O–H groups in total. The van der Waals surface area contributed by atoms with Crippen molar-refractivity contribution in [3.05, 3.63) is 36.2 Å². The minimum Gasteiger partial charge on any atom is -0.387 e. The van der Waals surface area contributed by atoms with Crippen LogP contribution in [0.1, 0.15) is 42.3 Å². The molecule has 2 aromatic heterocycles. The Morgan fingerprint density at radius 1 is 0.980 bits per heavy atom. The third-order valence-electron chi connectivity index (χ3n) is 7.03. The minimum absolute atomic E-state index is 0.00318. The molecule has 1 aliphatic rings. The van der Waals surface area contributed by atoms with E-state index in [0.717, 1.165) is 31.3 Å². The molecule has 1 amide bonds. The lowest BCUT2D eigenvalue weighted by Gasteiger charge is -2.20. The first-order valence-electron chi connectivity index (χ1n) is 14.6. The molecule has 3 aromatic rings. The van der Waals surface area contributed by atoms with Crippen molar-refractivity contribution in [2.75, 3.05) is 43.1 Å². The standard InChI is InChI=1S/C24H37N8O14P3/c1-26-15-9-5-4-8-14(15)22(35)27-10-6-2-3-7-11-28-24-31-17-20(25)29-13-30-21(17)32(24)23-19(34)18(33)16(44-23)12-43-48(39,40)46-49(41,42)45-47(36,37)38/h4-5,8-9,13,16,18-19,23,26,33-34H,2-3,6-7,10-12H2,1H3,(H,27,35)(H,28,31)(H,39,40)(H,41,42)(H2,25,29,30)(H2,36,37,38)/t16-,18-,19-,23-/m1/s1. The summed E-state index contributed by atoms with van der Waals surface area (Å²) in [5, 5.41) is 30.5. The second-order valence-corrected chi connectivity index (χ2v) is 15.0. The van der Waals surface area contributed by atoms with Crippen LogP contribution in [0.4, 0.5) is 17.5 Å². The van der Waals surface area contributed by atoms with E-state index in [1.54, 1.807) is 19.2 Å². The van der Waals surface area contributed by atoms with Crippen LogP contribution in [-0.2, 0) is 31.6 Å². The SMILES string of the molecule is CNc1ccccc1C(=O)NCCCCCCNc1nc2c(N)ncnc2n1[C@@H]1O[C@H](COP(=O)(O)OP(=O)(O)OP(=O)(O)O)[C@@H](O)[C@H]1O. The summed E-state index contributed by atoms with van der Waals surface area (Å²) in [6.45, 7) is -0.132. The van der Waals surface area contributed by atoms with Crippen LogP contribution in [-0.4, -0.2) is 100 Å². The van der Waals surface area contributed by atoms with E-state index in [1.807, 2.05) is 12.1 Å². The third kappa shape index (κ3) is 10.5. The van der Waals surface area contributed by atoms with Gasteiger partial charge in [-0.15, -0.1) is 0 Å². The number of aliphatic hydroxyl groups is 2. The van der Waals surface area contributed by atoms with Crippen molar-refractivity contribution < 1.29 is 66.2 Å². The lowest BCUT2D eigenvalue weighted by atomic mass is 10.1. The maximum Gasteiger partial charge on any atom is 0.490 e. The number of fused-ring (bicyclic) bond motifs is 1. The van der Waals surface area contributed by atoms with Gasteiger partial charge in [-0.25, -0.2) is 28.6 Å². The van der Waals surface area contributed by atoms with Gasteiger partial charge in [0, 0.05) is 25.8 Å². The van der Waals surface area contributed by atoms with Gasteiger partial charge in [0.1, 0.15) is 24.6 Å². The first-order chi connectivity index (χ1) is 23.0. The minimum atomic E-state index is -5.77. The molecule has 0 aliphatic carbocycles. The normalized spacial score (nSPS) is 22.0. The summed E-state index contributed by atoms with van der Waals surface area (Å²) in [7, 11) is -15.2. The van der Waals surface area contributed by atoms with E-state index in [-0.39, 0.29) is 28.8 Å². The zero-order valence-electron chi connectivity index (χ0n) is 25.8. The van der Waals surface area contributed by atoms with Gasteiger partial charge in [-0.2, -0.15) is 8.62 Å². The number of imidazole rings is 1. The van der Waals surface area contributed by atoms with Crippen LogP contribution in [0.2, 0.25) is 0 Å². The molecule has 272 valence electrons. The number of hydrogen-bond donors (Lipinski definition) is 10. The molecule has 1 aliphatic heterocycles. The summed E-state index contributed by atoms with van der Waals surface area (Å²) in [4.78, 5) is 61.4. The molecule has 1 fully saturated rings. The molecule has 0 spiro atoms. The predicted molar refractivity (Wildman–Crippen MR) is 171 cm³/mol. The predicted octanol–water partition coefficient (Wildman–Crippen LogP) is 0.815. The number of nitrogens with zero attached hydrogens (tertiary/aromatic N) is 4. The average Bonchev–Trinajstić information content (AvgIpc) is 3.52. The van der Waals surface area contributed by atoms with Gasteiger partial charge in [0.05, 0.1) is 12.2 Å². The van der Waals surface area contributed by atoms with Gasteiger partial charge in [-0.3, -0.25) is 13.9 Å². The van der Waals surface area contributed by atoms with E-state index in [1.165, 1.54) is 4.57 Å². The number of amides is 1. The summed E-state index contributed by atoms with van der Waals surface area (Å²) in [5.74, 6) is -0.0449. The fraction of sp³-hybridized carbons (Fsp3) is 0.500. The zero-order chi connectivity index (χ0) is 36.0. The van der Waals surface area contributed by atoms with Crippen molar-refractivity contribution in [3.63, 3.8) is 0 Å². The monoisotopic (exact) mass is 754 g/mol. The number of rotatable bonds is 18. The molecule has 0 bridgehead atoms. The number of aromatic nitrogens is 4. The Bertz CT molecular complexity index is 1760. The fourth-order valence-corrected chi connectivity index (χ4v) is 7.87. The van der Waals surface area contributed by atoms with Gasteiger partial charge in [-0.1, -0.05) is 25.0 Å². The first-order valence-corrected chi connectivity index (χ1v) is 19.1. The molecule has 4 rings (SSSR count). The number of nitrogens with two attached hydrogens (primary N) is 1. The molecule has 1 aromatic carbocycles. The Morgan fingerprint density at radius 2 is 1.67 bits per heavy atom. The molecule has 1 saturated heterocycles. The maximum atomic E-state index is 12.5. The van der Waals surface area contributed by atoms with Gasteiger partial charge in [-0.05, 0) is 25.0 Å². The van der Waals surface area contributed by atoms with Crippen molar-refractivity contribution in [1.82, 2.24) is 24.8 Å². The van der Waals surface area contributed by atoms with Gasteiger partial charge in [0.25, 0.3) is 5.91 Å². The number of carbonyl (C=O) groups is 1. The molecule has 2 unspecified atom stereocenters. The molecule has 0 saturated carbocycles. The van der Waals surface area contributed by atoms with E-state index in [2.05, 4.69) is 44.0 Å². The van der Waals surface area contributed by atoms with Crippen molar-refractivity contribution in [3.8, 4) is 0 Å². The largest absolute Gasteiger partial charge is 0.490 e. The quantitative estimate of drug-likeness (QED) is 0.0634. The highest BCUT2D eigenvalue weighted by Gasteiger charge is 2.47. The van der Waals surface area contributed by atoms with Gasteiger partial charge >= 0.3 is 23.5 Å².